The van der Waals surface area contributed by atoms with Crippen LogP contribution in [0.4, 0.5) is 4.39 Å². The van der Waals surface area contributed by atoms with Gasteiger partial charge in [-0.2, -0.15) is 16.1 Å². The number of hydrogen-bond donors (Lipinski definition) is 0. The van der Waals surface area contributed by atoms with Gasteiger partial charge >= 0.3 is 0 Å². The largest absolute Gasteiger partial charge is 0.359 e. The number of halogens is 1. The molecule has 23 heavy (non-hydrogen) atoms. The van der Waals surface area contributed by atoms with E-state index < -0.39 is 0 Å². The third kappa shape index (κ3) is 2.88. The molecule has 0 N–H and O–H groups in total. The Morgan fingerprint density at radius 2 is 2.00 bits per heavy atom. The van der Waals surface area contributed by atoms with Crippen molar-refractivity contribution >= 4 is 11.3 Å². The van der Waals surface area contributed by atoms with Crippen LogP contribution in [0.15, 0.2) is 51.7 Å². The zero-order chi connectivity index (χ0) is 15.6. The normalized spacial score (nSPS) is 11.0. The molecule has 4 aromatic rings. The van der Waals surface area contributed by atoms with Gasteiger partial charge < -0.3 is 4.52 Å². The van der Waals surface area contributed by atoms with E-state index in [2.05, 4.69) is 20.6 Å². The smallest absolute Gasteiger partial charge is 0.205 e. The number of hydrogen-bond acceptors (Lipinski definition) is 6. The first-order valence-electron chi connectivity index (χ1n) is 6.80. The summed E-state index contributed by atoms with van der Waals surface area (Å²) in [7, 11) is 0. The summed E-state index contributed by atoms with van der Waals surface area (Å²) in [5.41, 5.74) is 2.36. The lowest BCUT2D eigenvalue weighted by Gasteiger charge is -1.93. The van der Waals surface area contributed by atoms with E-state index in [1.807, 2.05) is 16.8 Å². The van der Waals surface area contributed by atoms with Crippen molar-refractivity contribution in [1.29, 1.82) is 0 Å². The van der Waals surface area contributed by atoms with Gasteiger partial charge in [0.1, 0.15) is 18.1 Å². The second-order valence-corrected chi connectivity index (χ2v) is 5.62. The highest BCUT2D eigenvalue weighted by Gasteiger charge is 2.11. The van der Waals surface area contributed by atoms with Crippen molar-refractivity contribution < 1.29 is 8.91 Å². The summed E-state index contributed by atoms with van der Waals surface area (Å²) in [6.45, 7) is 0.325. The van der Waals surface area contributed by atoms with Crippen LogP contribution in [0.1, 0.15) is 5.76 Å². The minimum atomic E-state index is -0.287. The van der Waals surface area contributed by atoms with Crippen molar-refractivity contribution in [2.24, 2.45) is 0 Å². The van der Waals surface area contributed by atoms with Gasteiger partial charge in [-0.1, -0.05) is 5.16 Å². The molecular formula is C15H10FN5OS. The van der Waals surface area contributed by atoms with Crippen LogP contribution in [0.5, 0.6) is 0 Å². The zero-order valence-electron chi connectivity index (χ0n) is 11.8. The summed E-state index contributed by atoms with van der Waals surface area (Å²) < 4.78 is 18.2. The zero-order valence-corrected chi connectivity index (χ0v) is 12.6. The van der Waals surface area contributed by atoms with E-state index in [4.69, 9.17) is 4.52 Å². The first-order chi connectivity index (χ1) is 11.3. The van der Waals surface area contributed by atoms with E-state index in [1.165, 1.54) is 16.9 Å². The molecule has 4 rings (SSSR count). The highest BCUT2D eigenvalue weighted by Crippen LogP contribution is 2.20. The number of benzene rings is 1. The minimum Gasteiger partial charge on any atom is -0.359 e. The van der Waals surface area contributed by atoms with Crippen LogP contribution in [-0.4, -0.2) is 25.4 Å². The van der Waals surface area contributed by atoms with E-state index in [1.54, 1.807) is 29.5 Å². The molecule has 0 unspecified atom stereocenters. The molecule has 6 nitrogen and oxygen atoms in total. The molecule has 8 heteroatoms. The van der Waals surface area contributed by atoms with Crippen molar-refractivity contribution in [3.05, 3.63) is 58.7 Å². The Morgan fingerprint density at radius 3 is 2.78 bits per heavy atom. The molecule has 0 amide bonds. The number of rotatable bonds is 4. The van der Waals surface area contributed by atoms with Crippen molar-refractivity contribution in [3.63, 3.8) is 0 Å². The van der Waals surface area contributed by atoms with Gasteiger partial charge in [-0.05, 0) is 40.9 Å². The maximum Gasteiger partial charge on any atom is 0.205 e. The molecule has 0 bridgehead atoms. The van der Waals surface area contributed by atoms with Gasteiger partial charge in [0.2, 0.25) is 5.82 Å². The molecule has 0 atom stereocenters. The Hall–Kier alpha value is -2.87. The third-order valence-corrected chi connectivity index (χ3v) is 3.91. The lowest BCUT2D eigenvalue weighted by atomic mass is 10.1. The molecule has 0 aliphatic rings. The number of thiophene rings is 1. The van der Waals surface area contributed by atoms with E-state index >= 15 is 0 Å². The quantitative estimate of drug-likeness (QED) is 0.575. The Kier molecular flexibility index (Phi) is 3.43. The standard InChI is InChI=1S/C15H10FN5OS/c16-12-3-1-10(2-4-12)14-7-13(22-19-14)8-21-18-15(17-20-21)11-5-6-23-9-11/h1-7,9H,8H2. The van der Waals surface area contributed by atoms with E-state index in [-0.39, 0.29) is 5.82 Å². The van der Waals surface area contributed by atoms with Crippen LogP contribution in [-0.2, 0) is 6.54 Å². The average molecular weight is 327 g/mol. The van der Waals surface area contributed by atoms with Crippen LogP contribution in [0.3, 0.4) is 0 Å². The molecule has 0 aliphatic carbocycles. The number of aromatic nitrogens is 5. The molecule has 0 saturated carbocycles. The Balaban J connectivity index is 1.53. The molecule has 0 spiro atoms. The predicted octanol–water partition coefficient (Wildman–Crippen LogP) is 3.24. The molecule has 0 saturated heterocycles. The first kappa shape index (κ1) is 13.8. The van der Waals surface area contributed by atoms with Gasteiger partial charge in [0.05, 0.1) is 0 Å². The second kappa shape index (κ2) is 5.73. The Labute approximate surface area is 134 Å². The van der Waals surface area contributed by atoms with E-state index in [9.17, 15) is 4.39 Å². The van der Waals surface area contributed by atoms with Crippen molar-refractivity contribution in [2.45, 2.75) is 6.54 Å². The van der Waals surface area contributed by atoms with Crippen molar-refractivity contribution in [3.8, 4) is 22.6 Å². The molecule has 3 heterocycles. The third-order valence-electron chi connectivity index (χ3n) is 3.23. The molecule has 114 valence electrons. The van der Waals surface area contributed by atoms with Crippen LogP contribution in [0.25, 0.3) is 22.6 Å². The van der Waals surface area contributed by atoms with Gasteiger partial charge in [0.25, 0.3) is 0 Å². The fraction of sp³-hybridized carbons (Fsp3) is 0.0667. The van der Waals surface area contributed by atoms with Crippen LogP contribution >= 0.6 is 11.3 Å². The summed E-state index contributed by atoms with van der Waals surface area (Å²) in [6.07, 6.45) is 0. The topological polar surface area (TPSA) is 69.6 Å². The highest BCUT2D eigenvalue weighted by molar-refractivity contribution is 7.08. The van der Waals surface area contributed by atoms with Gasteiger partial charge in [0.15, 0.2) is 5.76 Å². The molecular weight excluding hydrogens is 317 g/mol. The Bertz CT molecular complexity index is 914. The van der Waals surface area contributed by atoms with Gasteiger partial charge in [-0.15, -0.1) is 10.2 Å². The molecule has 0 radical (unpaired) electrons. The fourth-order valence-electron chi connectivity index (χ4n) is 2.10. The van der Waals surface area contributed by atoms with Gasteiger partial charge in [0, 0.05) is 22.6 Å². The summed E-state index contributed by atoms with van der Waals surface area (Å²) in [5, 5.41) is 20.2. The second-order valence-electron chi connectivity index (χ2n) is 4.84. The average Bonchev–Trinajstić information content (AvgIpc) is 3.29. The van der Waals surface area contributed by atoms with Crippen LogP contribution in [0, 0.1) is 5.82 Å². The highest BCUT2D eigenvalue weighted by atomic mass is 32.1. The summed E-state index contributed by atoms with van der Waals surface area (Å²) in [4.78, 5) is 1.45. The summed E-state index contributed by atoms with van der Waals surface area (Å²) >= 11 is 1.58. The SMILES string of the molecule is Fc1ccc(-c2cc(Cn3nnc(-c4ccsc4)n3)on2)cc1. The lowest BCUT2D eigenvalue weighted by molar-refractivity contribution is 0.364. The molecule has 1 aromatic carbocycles. The molecule has 0 aliphatic heterocycles. The molecule has 0 fully saturated rings. The predicted molar refractivity (Wildman–Crippen MR) is 82.1 cm³/mol. The van der Waals surface area contributed by atoms with E-state index in [0.717, 1.165) is 11.1 Å². The van der Waals surface area contributed by atoms with Crippen molar-refractivity contribution in [1.82, 2.24) is 25.4 Å². The maximum atomic E-state index is 12.9. The number of tetrazole rings is 1. The Morgan fingerprint density at radius 1 is 1.13 bits per heavy atom. The molecule has 3 aromatic heterocycles. The van der Waals surface area contributed by atoms with Crippen LogP contribution < -0.4 is 0 Å². The van der Waals surface area contributed by atoms with Gasteiger partial charge in [-0.3, -0.25) is 0 Å². The lowest BCUT2D eigenvalue weighted by Crippen LogP contribution is -2.02. The fourth-order valence-corrected chi connectivity index (χ4v) is 2.74. The van der Waals surface area contributed by atoms with Crippen molar-refractivity contribution in [2.75, 3.05) is 0 Å². The maximum absolute atomic E-state index is 12.9. The van der Waals surface area contributed by atoms with Crippen LogP contribution in [0.2, 0.25) is 0 Å². The first-order valence-corrected chi connectivity index (χ1v) is 7.74. The van der Waals surface area contributed by atoms with E-state index in [0.29, 0.717) is 23.8 Å². The minimum absolute atomic E-state index is 0.287. The monoisotopic (exact) mass is 327 g/mol. The summed E-state index contributed by atoms with van der Waals surface area (Å²) in [5.74, 6) is 0.883. The summed E-state index contributed by atoms with van der Waals surface area (Å²) in [6, 6.07) is 9.79. The number of nitrogens with zero attached hydrogens (tertiary/aromatic N) is 5. The van der Waals surface area contributed by atoms with Gasteiger partial charge in [-0.25, -0.2) is 4.39 Å².